The normalized spacial score (nSPS) is 15.6. The monoisotopic (exact) mass is 265 g/mol. The number of hydrazine groups is 1. The minimum Gasteiger partial charge on any atom is -0.381 e. The van der Waals surface area contributed by atoms with Crippen molar-refractivity contribution < 1.29 is 0 Å². The molecule has 1 aliphatic rings. The predicted octanol–water partition coefficient (Wildman–Crippen LogP) is 2.68. The summed E-state index contributed by atoms with van der Waals surface area (Å²) in [5.74, 6) is 0. The molecule has 18 heavy (non-hydrogen) atoms. The third-order valence-corrected chi connectivity index (χ3v) is 2.82. The van der Waals surface area contributed by atoms with Gasteiger partial charge >= 0.3 is 0 Å². The zero-order valence-corrected chi connectivity index (χ0v) is 11.7. The van der Waals surface area contributed by atoms with E-state index in [1.807, 2.05) is 49.6 Å². The van der Waals surface area contributed by atoms with Gasteiger partial charge in [-0.3, -0.25) is 0 Å². The minimum atomic E-state index is 0.729. The molecule has 0 aromatic carbocycles. The van der Waals surface area contributed by atoms with Gasteiger partial charge in [-0.05, 0) is 24.1 Å². The Morgan fingerprint density at radius 3 is 2.94 bits per heavy atom. The Morgan fingerprint density at radius 2 is 2.28 bits per heavy atom. The van der Waals surface area contributed by atoms with E-state index < -0.39 is 0 Å². The summed E-state index contributed by atoms with van der Waals surface area (Å²) < 4.78 is 0. The molecule has 0 bridgehead atoms. The summed E-state index contributed by atoms with van der Waals surface area (Å²) in [6, 6.07) is 0. The first-order chi connectivity index (χ1) is 8.67. The highest BCUT2D eigenvalue weighted by molar-refractivity contribution is 6.31. The van der Waals surface area contributed by atoms with E-state index in [0.717, 1.165) is 29.3 Å². The van der Waals surface area contributed by atoms with E-state index in [9.17, 15) is 0 Å². The van der Waals surface area contributed by atoms with Gasteiger partial charge < -0.3 is 10.3 Å². The number of rotatable bonds is 6. The molecule has 0 amide bonds. The van der Waals surface area contributed by atoms with Gasteiger partial charge in [-0.2, -0.15) is 0 Å². The van der Waals surface area contributed by atoms with Crippen LogP contribution >= 0.6 is 11.6 Å². The van der Waals surface area contributed by atoms with Gasteiger partial charge in [0.1, 0.15) is 0 Å². The van der Waals surface area contributed by atoms with Gasteiger partial charge in [-0.15, -0.1) is 0 Å². The quantitative estimate of drug-likeness (QED) is 0.723. The van der Waals surface area contributed by atoms with Crippen LogP contribution in [0, 0.1) is 0 Å². The molecule has 0 heterocycles. The van der Waals surface area contributed by atoms with Gasteiger partial charge in [-0.25, -0.2) is 5.43 Å². The molecule has 2 N–H and O–H groups in total. The zero-order chi connectivity index (χ0) is 13.4. The summed E-state index contributed by atoms with van der Waals surface area (Å²) in [4.78, 5) is 0. The Morgan fingerprint density at radius 1 is 1.50 bits per heavy atom. The molecule has 1 aliphatic carbocycles. The van der Waals surface area contributed by atoms with Crippen LogP contribution in [0.5, 0.6) is 0 Å². The third kappa shape index (κ3) is 4.82. The zero-order valence-electron chi connectivity index (χ0n) is 10.9. The molecule has 0 aromatic rings. The van der Waals surface area contributed by atoms with Crippen molar-refractivity contribution in [1.29, 1.82) is 0 Å². The molecule has 0 radical (unpaired) electrons. The van der Waals surface area contributed by atoms with Crippen LogP contribution in [0.15, 0.2) is 59.5 Å². The van der Waals surface area contributed by atoms with Crippen LogP contribution in [-0.2, 0) is 0 Å². The van der Waals surface area contributed by atoms with Gasteiger partial charge in [0.2, 0.25) is 0 Å². The standard InChI is InChI=1S/C14H20ClN3/c1-4-12-7-5-8-13(15)11-14(12)17-9-6-10-18(3)16-2/h4,6-8,10-11,16-17H,1,5,9H2,2-3H3/b10-6+. The highest BCUT2D eigenvalue weighted by Gasteiger charge is 2.04. The molecule has 0 aromatic heterocycles. The minimum absolute atomic E-state index is 0.729. The average Bonchev–Trinajstić information content (AvgIpc) is 2.55. The number of allylic oxidation sites excluding steroid dienone is 5. The molecule has 0 saturated carbocycles. The fourth-order valence-corrected chi connectivity index (χ4v) is 1.69. The lowest BCUT2D eigenvalue weighted by Gasteiger charge is -2.12. The van der Waals surface area contributed by atoms with Crippen molar-refractivity contribution in [3.05, 3.63) is 59.5 Å². The second-order valence-corrected chi connectivity index (χ2v) is 4.28. The van der Waals surface area contributed by atoms with Gasteiger partial charge in [0, 0.05) is 37.6 Å². The molecule has 0 unspecified atom stereocenters. The summed E-state index contributed by atoms with van der Waals surface area (Å²) in [7, 11) is 3.81. The largest absolute Gasteiger partial charge is 0.381 e. The van der Waals surface area contributed by atoms with Crippen molar-refractivity contribution in [3.8, 4) is 0 Å². The molecule has 0 aliphatic heterocycles. The first kappa shape index (κ1) is 14.6. The van der Waals surface area contributed by atoms with E-state index in [-0.39, 0.29) is 0 Å². The second kappa shape index (κ2) is 7.80. The average molecular weight is 266 g/mol. The van der Waals surface area contributed by atoms with E-state index in [0.29, 0.717) is 0 Å². The Hall–Kier alpha value is -1.45. The summed E-state index contributed by atoms with van der Waals surface area (Å²) in [5.41, 5.74) is 5.07. The summed E-state index contributed by atoms with van der Waals surface area (Å²) in [6.45, 7) is 4.55. The van der Waals surface area contributed by atoms with Crippen molar-refractivity contribution in [2.24, 2.45) is 0 Å². The van der Waals surface area contributed by atoms with E-state index in [1.54, 1.807) is 0 Å². The molecule has 0 spiro atoms. The van der Waals surface area contributed by atoms with Crippen LogP contribution in [0.25, 0.3) is 0 Å². The molecule has 0 atom stereocenters. The van der Waals surface area contributed by atoms with Gasteiger partial charge in [0.05, 0.1) is 0 Å². The second-order valence-electron chi connectivity index (χ2n) is 3.85. The maximum absolute atomic E-state index is 6.06. The van der Waals surface area contributed by atoms with Crippen molar-refractivity contribution >= 4 is 11.6 Å². The highest BCUT2D eigenvalue weighted by Crippen LogP contribution is 2.19. The van der Waals surface area contributed by atoms with Crippen molar-refractivity contribution in [1.82, 2.24) is 15.8 Å². The molecule has 0 saturated heterocycles. The van der Waals surface area contributed by atoms with Crippen LogP contribution in [0.1, 0.15) is 6.42 Å². The van der Waals surface area contributed by atoms with Crippen LogP contribution in [0.2, 0.25) is 0 Å². The molecule has 98 valence electrons. The summed E-state index contributed by atoms with van der Waals surface area (Å²) in [6.07, 6.45) is 12.7. The van der Waals surface area contributed by atoms with Crippen molar-refractivity contribution in [2.45, 2.75) is 6.42 Å². The van der Waals surface area contributed by atoms with Crippen LogP contribution in [0.3, 0.4) is 0 Å². The molecular formula is C14H20ClN3. The molecule has 3 nitrogen and oxygen atoms in total. The predicted molar refractivity (Wildman–Crippen MR) is 78.9 cm³/mol. The van der Waals surface area contributed by atoms with Gasteiger partial charge in [-0.1, -0.05) is 36.4 Å². The van der Waals surface area contributed by atoms with Gasteiger partial charge in [0.15, 0.2) is 0 Å². The number of hydrogen-bond acceptors (Lipinski definition) is 3. The van der Waals surface area contributed by atoms with Crippen LogP contribution in [-0.4, -0.2) is 25.6 Å². The van der Waals surface area contributed by atoms with E-state index >= 15 is 0 Å². The lowest BCUT2D eigenvalue weighted by Crippen LogP contribution is -2.25. The van der Waals surface area contributed by atoms with Crippen molar-refractivity contribution in [3.63, 3.8) is 0 Å². The van der Waals surface area contributed by atoms with Crippen molar-refractivity contribution in [2.75, 3.05) is 20.6 Å². The maximum atomic E-state index is 6.06. The Bertz CT molecular complexity index is 405. The van der Waals surface area contributed by atoms with E-state index in [1.165, 1.54) is 0 Å². The fraction of sp³-hybridized carbons (Fsp3) is 0.286. The topological polar surface area (TPSA) is 27.3 Å². The maximum Gasteiger partial charge on any atom is 0.0427 e. The molecular weight excluding hydrogens is 246 g/mol. The number of halogens is 1. The van der Waals surface area contributed by atoms with Crippen LogP contribution in [0.4, 0.5) is 0 Å². The SMILES string of the molecule is C=CC1=CCC=C(Cl)C=C1NC/C=C/N(C)NC. The lowest BCUT2D eigenvalue weighted by atomic mass is 10.1. The summed E-state index contributed by atoms with van der Waals surface area (Å²) in [5, 5.41) is 5.95. The first-order valence-electron chi connectivity index (χ1n) is 5.88. The Labute approximate surface area is 114 Å². The lowest BCUT2D eigenvalue weighted by molar-refractivity contribution is 0.364. The number of nitrogens with zero attached hydrogens (tertiary/aromatic N) is 1. The first-order valence-corrected chi connectivity index (χ1v) is 6.26. The molecule has 1 rings (SSSR count). The smallest absolute Gasteiger partial charge is 0.0427 e. The third-order valence-electron chi connectivity index (χ3n) is 2.56. The number of hydrogen-bond donors (Lipinski definition) is 2. The fourth-order valence-electron chi connectivity index (χ4n) is 1.49. The molecule has 0 fully saturated rings. The summed E-state index contributed by atoms with van der Waals surface area (Å²) >= 11 is 6.06. The van der Waals surface area contributed by atoms with E-state index in [2.05, 4.69) is 23.4 Å². The Balaban J connectivity index is 2.60. The Kier molecular flexibility index (Phi) is 6.33. The van der Waals surface area contributed by atoms with Crippen LogP contribution < -0.4 is 10.7 Å². The van der Waals surface area contributed by atoms with E-state index in [4.69, 9.17) is 11.6 Å². The number of nitrogens with one attached hydrogen (secondary N) is 2. The highest BCUT2D eigenvalue weighted by atomic mass is 35.5. The van der Waals surface area contributed by atoms with Gasteiger partial charge in [0.25, 0.3) is 0 Å². The molecule has 4 heteroatoms.